The molecule has 3 heteroatoms. The number of hydrogen-bond donors (Lipinski definition) is 0. The molecule has 0 spiro atoms. The molecule has 3 rings (SSSR count). The van der Waals surface area contributed by atoms with Gasteiger partial charge in [-0.1, -0.05) is 51.8 Å². The maximum absolute atomic E-state index is 5.62. The molecule has 19 heavy (non-hydrogen) atoms. The van der Waals surface area contributed by atoms with E-state index in [1.54, 1.807) is 0 Å². The number of hydrogen-bond acceptors (Lipinski definition) is 2. The lowest BCUT2D eigenvalue weighted by molar-refractivity contribution is 0.171. The summed E-state index contributed by atoms with van der Waals surface area (Å²) in [6.45, 7) is 3.34. The Kier molecular flexibility index (Phi) is 3.47. The molecule has 0 saturated carbocycles. The molecule has 1 unspecified atom stereocenters. The van der Waals surface area contributed by atoms with Crippen molar-refractivity contribution in [2.24, 2.45) is 0 Å². The van der Waals surface area contributed by atoms with Crippen molar-refractivity contribution in [1.29, 1.82) is 0 Å². The highest BCUT2D eigenvalue weighted by molar-refractivity contribution is 9.09. The number of halogens is 1. The lowest BCUT2D eigenvalue weighted by atomic mass is 10.0. The van der Waals surface area contributed by atoms with Crippen molar-refractivity contribution >= 4 is 15.9 Å². The van der Waals surface area contributed by atoms with Crippen LogP contribution in [0.1, 0.15) is 21.5 Å². The van der Waals surface area contributed by atoms with Crippen LogP contribution in [-0.4, -0.2) is 13.2 Å². The van der Waals surface area contributed by atoms with Crippen LogP contribution in [0, 0.1) is 6.92 Å². The highest BCUT2D eigenvalue weighted by atomic mass is 79.9. The van der Waals surface area contributed by atoms with Gasteiger partial charge in [0.2, 0.25) is 0 Å². The Balaban J connectivity index is 1.91. The Morgan fingerprint density at radius 3 is 2.26 bits per heavy atom. The average molecular weight is 319 g/mol. The first-order valence-corrected chi connectivity index (χ1v) is 7.26. The summed E-state index contributed by atoms with van der Waals surface area (Å²) in [6.07, 6.45) is 0. The van der Waals surface area contributed by atoms with Gasteiger partial charge < -0.3 is 9.47 Å². The van der Waals surface area contributed by atoms with Gasteiger partial charge in [0.25, 0.3) is 0 Å². The van der Waals surface area contributed by atoms with Crippen LogP contribution in [0.25, 0.3) is 0 Å². The van der Waals surface area contributed by atoms with E-state index in [9.17, 15) is 0 Å². The Bertz CT molecular complexity index is 578. The zero-order valence-electron chi connectivity index (χ0n) is 10.7. The smallest absolute Gasteiger partial charge is 0.161 e. The fraction of sp³-hybridized carbons (Fsp3) is 0.250. The molecule has 0 N–H and O–H groups in total. The van der Waals surface area contributed by atoms with Gasteiger partial charge >= 0.3 is 0 Å². The van der Waals surface area contributed by atoms with Crippen LogP contribution < -0.4 is 9.47 Å². The van der Waals surface area contributed by atoms with E-state index in [0.29, 0.717) is 13.2 Å². The van der Waals surface area contributed by atoms with Gasteiger partial charge in [-0.05, 0) is 30.2 Å². The maximum atomic E-state index is 5.62. The summed E-state index contributed by atoms with van der Waals surface area (Å²) < 4.78 is 11.2. The third-order valence-electron chi connectivity index (χ3n) is 3.23. The zero-order chi connectivity index (χ0) is 13.2. The van der Waals surface area contributed by atoms with Gasteiger partial charge in [-0.2, -0.15) is 0 Å². The topological polar surface area (TPSA) is 18.5 Å². The largest absolute Gasteiger partial charge is 0.486 e. The lowest BCUT2D eigenvalue weighted by Gasteiger charge is -2.20. The van der Waals surface area contributed by atoms with Crippen molar-refractivity contribution in [1.82, 2.24) is 0 Å². The predicted molar refractivity (Wildman–Crippen MR) is 79.4 cm³/mol. The molecule has 0 aliphatic carbocycles. The molecule has 2 nitrogen and oxygen atoms in total. The standard InChI is InChI=1S/C16H15BrO2/c1-11-2-4-12(5-3-11)16(17)13-6-7-14-15(10-13)19-9-8-18-14/h2-7,10,16H,8-9H2,1H3. The van der Waals surface area contributed by atoms with E-state index < -0.39 is 0 Å². The van der Waals surface area contributed by atoms with E-state index in [1.807, 2.05) is 12.1 Å². The van der Waals surface area contributed by atoms with Crippen molar-refractivity contribution in [3.05, 3.63) is 59.2 Å². The number of aryl methyl sites for hydroxylation is 1. The number of alkyl halides is 1. The fourth-order valence-electron chi connectivity index (χ4n) is 2.15. The predicted octanol–water partition coefficient (Wildman–Crippen LogP) is 4.25. The number of ether oxygens (including phenoxy) is 2. The minimum Gasteiger partial charge on any atom is -0.486 e. The second kappa shape index (κ2) is 5.25. The highest BCUT2D eigenvalue weighted by Gasteiger charge is 2.16. The van der Waals surface area contributed by atoms with Crippen LogP contribution in [0.2, 0.25) is 0 Å². The van der Waals surface area contributed by atoms with Crippen LogP contribution >= 0.6 is 15.9 Å². The maximum Gasteiger partial charge on any atom is 0.161 e. The Morgan fingerprint density at radius 1 is 0.895 bits per heavy atom. The second-order valence-corrected chi connectivity index (χ2v) is 5.59. The molecule has 1 heterocycles. The molecule has 0 amide bonds. The molecular weight excluding hydrogens is 304 g/mol. The van der Waals surface area contributed by atoms with Crippen molar-refractivity contribution in [3.8, 4) is 11.5 Å². The minimum atomic E-state index is 0.170. The van der Waals surface area contributed by atoms with Crippen LogP contribution in [0.15, 0.2) is 42.5 Å². The molecule has 1 aliphatic heterocycles. The molecule has 2 aromatic carbocycles. The quantitative estimate of drug-likeness (QED) is 0.771. The number of benzene rings is 2. The molecule has 1 atom stereocenters. The van der Waals surface area contributed by atoms with Crippen molar-refractivity contribution < 1.29 is 9.47 Å². The van der Waals surface area contributed by atoms with E-state index in [0.717, 1.165) is 11.5 Å². The SMILES string of the molecule is Cc1ccc(C(Br)c2ccc3c(c2)OCCO3)cc1. The molecule has 0 radical (unpaired) electrons. The van der Waals surface area contributed by atoms with Crippen LogP contribution in [-0.2, 0) is 0 Å². The van der Waals surface area contributed by atoms with E-state index in [4.69, 9.17) is 9.47 Å². The number of rotatable bonds is 2. The molecule has 98 valence electrons. The Morgan fingerprint density at radius 2 is 1.53 bits per heavy atom. The van der Waals surface area contributed by atoms with E-state index in [2.05, 4.69) is 53.2 Å². The lowest BCUT2D eigenvalue weighted by Crippen LogP contribution is -2.15. The molecule has 0 fully saturated rings. The van der Waals surface area contributed by atoms with E-state index in [-0.39, 0.29) is 4.83 Å². The Hall–Kier alpha value is -1.48. The number of fused-ring (bicyclic) bond motifs is 1. The molecule has 2 aromatic rings. The highest BCUT2D eigenvalue weighted by Crippen LogP contribution is 2.37. The molecule has 0 aromatic heterocycles. The molecular formula is C16H15BrO2. The van der Waals surface area contributed by atoms with Gasteiger partial charge in [0, 0.05) is 0 Å². The summed E-state index contributed by atoms with van der Waals surface area (Å²) >= 11 is 3.75. The van der Waals surface area contributed by atoms with Gasteiger partial charge in [-0.25, -0.2) is 0 Å². The first kappa shape index (κ1) is 12.5. The molecule has 0 saturated heterocycles. The fourth-order valence-corrected chi connectivity index (χ4v) is 2.74. The molecule has 1 aliphatic rings. The van der Waals surface area contributed by atoms with Crippen LogP contribution in [0.5, 0.6) is 11.5 Å². The zero-order valence-corrected chi connectivity index (χ0v) is 12.3. The summed E-state index contributed by atoms with van der Waals surface area (Å²) in [5.41, 5.74) is 3.68. The van der Waals surface area contributed by atoms with E-state index in [1.165, 1.54) is 16.7 Å². The summed E-state index contributed by atoms with van der Waals surface area (Å²) in [5, 5.41) is 0. The van der Waals surface area contributed by atoms with Gasteiger partial charge in [-0.15, -0.1) is 0 Å². The third kappa shape index (κ3) is 2.61. The third-order valence-corrected chi connectivity index (χ3v) is 4.29. The minimum absolute atomic E-state index is 0.170. The second-order valence-electron chi connectivity index (χ2n) is 4.68. The van der Waals surface area contributed by atoms with Crippen molar-refractivity contribution in [3.63, 3.8) is 0 Å². The Labute approximate surface area is 121 Å². The first-order valence-electron chi connectivity index (χ1n) is 6.34. The van der Waals surface area contributed by atoms with E-state index >= 15 is 0 Å². The van der Waals surface area contributed by atoms with Gasteiger partial charge in [0.15, 0.2) is 11.5 Å². The summed E-state index contributed by atoms with van der Waals surface area (Å²) in [7, 11) is 0. The average Bonchev–Trinajstić information content (AvgIpc) is 2.47. The molecule has 0 bridgehead atoms. The first-order chi connectivity index (χ1) is 9.24. The van der Waals surface area contributed by atoms with Crippen LogP contribution in [0.3, 0.4) is 0 Å². The summed E-state index contributed by atoms with van der Waals surface area (Å²) in [5.74, 6) is 1.67. The van der Waals surface area contributed by atoms with Gasteiger partial charge in [-0.3, -0.25) is 0 Å². The monoisotopic (exact) mass is 318 g/mol. The van der Waals surface area contributed by atoms with Gasteiger partial charge in [0.05, 0.1) is 4.83 Å². The van der Waals surface area contributed by atoms with Crippen molar-refractivity contribution in [2.45, 2.75) is 11.8 Å². The summed E-state index contributed by atoms with van der Waals surface area (Å²) in [6, 6.07) is 14.6. The van der Waals surface area contributed by atoms with Crippen LogP contribution in [0.4, 0.5) is 0 Å². The van der Waals surface area contributed by atoms with Gasteiger partial charge in [0.1, 0.15) is 13.2 Å². The summed E-state index contributed by atoms with van der Waals surface area (Å²) in [4.78, 5) is 0.170. The normalized spacial score (nSPS) is 15.1. The van der Waals surface area contributed by atoms with Crippen molar-refractivity contribution in [2.75, 3.05) is 13.2 Å².